The normalized spacial score (nSPS) is 11.9. The van der Waals surface area contributed by atoms with Crippen LogP contribution in [0, 0.1) is 0 Å². The molecule has 0 N–H and O–H groups in total. The number of benzene rings is 14. The van der Waals surface area contributed by atoms with Gasteiger partial charge < -0.3 is 0 Å². The maximum atomic E-state index is 4.93. The first-order valence-corrected chi connectivity index (χ1v) is 26.1. The predicted octanol–water partition coefficient (Wildman–Crippen LogP) is 20.0. The SMILES string of the molecule is C=C(c1ccccc1)N(C(=NC)c1ccc2cc(-c3c4ccccc4c(-c4ccc5c(-c6ccc7ccccc7c6)c6ccccc6c(-c6ccc7ccccc7c6)c5c4)c4ccccc34)ccc2c1)c1ccccc1. The Kier molecular flexibility index (Phi) is 10.9. The summed E-state index contributed by atoms with van der Waals surface area (Å²) in [7, 11) is 1.86. The van der Waals surface area contributed by atoms with E-state index in [1.165, 1.54) is 109 Å². The Balaban J connectivity index is 0.949. The van der Waals surface area contributed by atoms with Crippen molar-refractivity contribution in [2.45, 2.75) is 0 Å². The first-order valence-electron chi connectivity index (χ1n) is 26.1. The fraction of sp³-hybridized carbons (Fsp3) is 0.0135. The van der Waals surface area contributed by atoms with Crippen molar-refractivity contribution >= 4 is 92.6 Å². The van der Waals surface area contributed by atoms with E-state index in [4.69, 9.17) is 4.99 Å². The second kappa shape index (κ2) is 18.5. The Morgan fingerprint density at radius 1 is 0.289 bits per heavy atom. The number of nitrogens with zero attached hydrogens (tertiary/aromatic N) is 2. The van der Waals surface area contributed by atoms with Crippen LogP contribution in [0.25, 0.3) is 126 Å². The lowest BCUT2D eigenvalue weighted by atomic mass is 9.82. The molecule has 14 rings (SSSR count). The number of anilines is 1. The molecule has 356 valence electrons. The molecule has 0 aliphatic heterocycles. The summed E-state index contributed by atoms with van der Waals surface area (Å²) in [5.41, 5.74) is 13.7. The second-order valence-electron chi connectivity index (χ2n) is 19.8. The summed E-state index contributed by atoms with van der Waals surface area (Å²) >= 11 is 0. The van der Waals surface area contributed by atoms with Gasteiger partial charge in [0.15, 0.2) is 0 Å². The summed E-state index contributed by atoms with van der Waals surface area (Å²) in [6, 6.07) is 99.9. The van der Waals surface area contributed by atoms with Crippen molar-refractivity contribution in [2.24, 2.45) is 4.99 Å². The fourth-order valence-electron chi connectivity index (χ4n) is 12.0. The van der Waals surface area contributed by atoms with Crippen LogP contribution in [-0.2, 0) is 0 Å². The van der Waals surface area contributed by atoms with Gasteiger partial charge in [-0.3, -0.25) is 9.89 Å². The molecule has 2 heteroatoms. The number of fused-ring (bicyclic) bond motifs is 7. The van der Waals surface area contributed by atoms with E-state index in [-0.39, 0.29) is 0 Å². The molecule has 0 aromatic heterocycles. The van der Waals surface area contributed by atoms with Crippen LogP contribution in [0.2, 0.25) is 0 Å². The molecule has 0 amide bonds. The quantitative estimate of drug-likeness (QED) is 0.0842. The van der Waals surface area contributed by atoms with Crippen LogP contribution < -0.4 is 4.90 Å². The molecule has 76 heavy (non-hydrogen) atoms. The van der Waals surface area contributed by atoms with Crippen LogP contribution in [0.15, 0.2) is 285 Å². The summed E-state index contributed by atoms with van der Waals surface area (Å²) in [6.45, 7) is 4.60. The average Bonchev–Trinajstić information content (AvgIpc) is 3.60. The van der Waals surface area contributed by atoms with Gasteiger partial charge in [-0.2, -0.15) is 0 Å². The Morgan fingerprint density at radius 3 is 1.12 bits per heavy atom. The molecule has 0 unspecified atom stereocenters. The number of rotatable bonds is 8. The molecule has 0 saturated carbocycles. The third-order valence-corrected chi connectivity index (χ3v) is 15.5. The summed E-state index contributed by atoms with van der Waals surface area (Å²) in [6.07, 6.45) is 0. The topological polar surface area (TPSA) is 15.6 Å². The molecular weight excluding hydrogens is 917 g/mol. The highest BCUT2D eigenvalue weighted by atomic mass is 15.2. The highest BCUT2D eigenvalue weighted by Gasteiger charge is 2.23. The molecule has 14 aromatic rings. The Bertz CT molecular complexity index is 4610. The second-order valence-corrected chi connectivity index (χ2v) is 19.8. The zero-order valence-electron chi connectivity index (χ0n) is 42.1. The van der Waals surface area contributed by atoms with Crippen molar-refractivity contribution < 1.29 is 0 Å². The van der Waals surface area contributed by atoms with Gasteiger partial charge in [0.05, 0.1) is 0 Å². The highest BCUT2D eigenvalue weighted by Crippen LogP contribution is 2.49. The van der Waals surface area contributed by atoms with Crippen molar-refractivity contribution in [3.63, 3.8) is 0 Å². The largest absolute Gasteiger partial charge is 0.295 e. The first-order chi connectivity index (χ1) is 37.6. The summed E-state index contributed by atoms with van der Waals surface area (Å²) in [5.74, 6) is 0.828. The molecule has 0 saturated heterocycles. The first kappa shape index (κ1) is 44.8. The number of amidine groups is 1. The molecule has 0 heterocycles. The van der Waals surface area contributed by atoms with Gasteiger partial charge in [-0.05, 0) is 168 Å². The minimum Gasteiger partial charge on any atom is -0.295 e. The van der Waals surface area contributed by atoms with Gasteiger partial charge in [0.1, 0.15) is 5.84 Å². The molecule has 0 bridgehead atoms. The minimum atomic E-state index is 0.828. The van der Waals surface area contributed by atoms with Gasteiger partial charge in [0, 0.05) is 24.0 Å². The lowest BCUT2D eigenvalue weighted by Crippen LogP contribution is -2.30. The molecule has 0 aliphatic rings. The van der Waals surface area contributed by atoms with Crippen molar-refractivity contribution in [2.75, 3.05) is 11.9 Å². The van der Waals surface area contributed by atoms with Gasteiger partial charge >= 0.3 is 0 Å². The van der Waals surface area contributed by atoms with E-state index < -0.39 is 0 Å². The van der Waals surface area contributed by atoms with Gasteiger partial charge in [-0.25, -0.2) is 0 Å². The van der Waals surface area contributed by atoms with E-state index in [1.54, 1.807) is 0 Å². The molecule has 0 atom stereocenters. The Morgan fingerprint density at radius 2 is 0.632 bits per heavy atom. The number of para-hydroxylation sites is 1. The number of hydrogen-bond donors (Lipinski definition) is 0. The molecule has 0 fully saturated rings. The van der Waals surface area contributed by atoms with Crippen LogP contribution in [-0.4, -0.2) is 12.9 Å². The van der Waals surface area contributed by atoms with E-state index in [0.717, 1.165) is 39.1 Å². The fourth-order valence-corrected chi connectivity index (χ4v) is 12.0. The van der Waals surface area contributed by atoms with E-state index in [2.05, 4.69) is 272 Å². The minimum absolute atomic E-state index is 0.828. The third-order valence-electron chi connectivity index (χ3n) is 15.5. The summed E-state index contributed by atoms with van der Waals surface area (Å²) in [5, 5.41) is 17.1. The monoisotopic (exact) mass is 966 g/mol. The molecule has 0 radical (unpaired) electrons. The number of aliphatic imine (C=N–C) groups is 1. The van der Waals surface area contributed by atoms with Gasteiger partial charge in [0.25, 0.3) is 0 Å². The van der Waals surface area contributed by atoms with Crippen molar-refractivity contribution in [3.8, 4) is 44.5 Å². The van der Waals surface area contributed by atoms with E-state index >= 15 is 0 Å². The lowest BCUT2D eigenvalue weighted by molar-refractivity contribution is 1.29. The van der Waals surface area contributed by atoms with E-state index in [9.17, 15) is 0 Å². The van der Waals surface area contributed by atoms with Crippen molar-refractivity contribution in [1.29, 1.82) is 0 Å². The predicted molar refractivity (Wildman–Crippen MR) is 328 cm³/mol. The smallest absolute Gasteiger partial charge is 0.139 e. The standard InChI is InChI=1S/C74H50N2/c1-48(49-19-5-3-6-20-49)76(61-25-7-4-8-26-61)74(75-2)60-40-36-54-45-57(39-35-55(54)46-60)70-62-27-13-15-29-64(62)72(65-30-16-14-28-63(65)70)59-41-42-68-69(47-59)73(58-38-34-51-22-10-12-24-53(51)44-58)67-32-18-17-31-66(67)71(68)56-37-33-50-21-9-11-23-52(50)43-56/h3-47H,1H2,2H3. The molecule has 14 aromatic carbocycles. The van der Waals surface area contributed by atoms with Crippen molar-refractivity contribution in [3.05, 3.63) is 291 Å². The zero-order valence-corrected chi connectivity index (χ0v) is 42.1. The maximum Gasteiger partial charge on any atom is 0.139 e. The highest BCUT2D eigenvalue weighted by molar-refractivity contribution is 6.26. The maximum absolute atomic E-state index is 4.93. The number of hydrogen-bond acceptors (Lipinski definition) is 1. The molecule has 0 aliphatic carbocycles. The van der Waals surface area contributed by atoms with Crippen LogP contribution in [0.1, 0.15) is 11.1 Å². The molecule has 0 spiro atoms. The summed E-state index contributed by atoms with van der Waals surface area (Å²) < 4.78 is 0. The van der Waals surface area contributed by atoms with Crippen LogP contribution in [0.5, 0.6) is 0 Å². The summed E-state index contributed by atoms with van der Waals surface area (Å²) in [4.78, 5) is 7.09. The Hall–Kier alpha value is -9.89. The Labute approximate surface area is 442 Å². The molecule has 2 nitrogen and oxygen atoms in total. The van der Waals surface area contributed by atoms with Gasteiger partial charge in [-0.15, -0.1) is 0 Å². The molecular formula is C74H50N2. The van der Waals surface area contributed by atoms with Gasteiger partial charge in [-0.1, -0.05) is 237 Å². The van der Waals surface area contributed by atoms with Crippen LogP contribution in [0.4, 0.5) is 5.69 Å². The van der Waals surface area contributed by atoms with Crippen molar-refractivity contribution in [1.82, 2.24) is 0 Å². The van der Waals surface area contributed by atoms with E-state index in [1.807, 2.05) is 19.2 Å². The third kappa shape index (κ3) is 7.53. The van der Waals surface area contributed by atoms with Crippen LogP contribution >= 0.6 is 0 Å². The average molecular weight is 967 g/mol. The van der Waals surface area contributed by atoms with Crippen LogP contribution in [0.3, 0.4) is 0 Å². The lowest BCUT2D eigenvalue weighted by Gasteiger charge is -2.28. The van der Waals surface area contributed by atoms with E-state index in [0.29, 0.717) is 0 Å². The van der Waals surface area contributed by atoms with Gasteiger partial charge in [0.2, 0.25) is 0 Å². The zero-order chi connectivity index (χ0) is 50.7.